The van der Waals surface area contributed by atoms with E-state index in [9.17, 15) is 4.79 Å². The molecule has 1 aromatic carbocycles. The molecule has 0 heterocycles. The van der Waals surface area contributed by atoms with E-state index < -0.39 is 15.1 Å². The van der Waals surface area contributed by atoms with E-state index in [1.165, 1.54) is 0 Å². The number of alkyl halides is 3. The second-order valence-electron chi connectivity index (χ2n) is 4.69. The van der Waals surface area contributed by atoms with Crippen LogP contribution in [0.25, 0.3) is 0 Å². The first-order valence-electron chi connectivity index (χ1n) is 5.83. The Balaban J connectivity index is 3.14. The van der Waals surface area contributed by atoms with E-state index in [1.54, 1.807) is 6.08 Å². The van der Waals surface area contributed by atoms with E-state index in [4.69, 9.17) is 34.8 Å². The molecule has 0 fully saturated rings. The third-order valence-corrected chi connectivity index (χ3v) is 3.21. The number of hydrogen-bond acceptors (Lipinski definition) is 2. The second kappa shape index (κ2) is 6.61. The van der Waals surface area contributed by atoms with Gasteiger partial charge in [-0.25, -0.2) is 5.43 Å². The minimum absolute atomic E-state index is 0.456. The number of rotatable bonds is 4. The van der Waals surface area contributed by atoms with Gasteiger partial charge >= 0.3 is 0 Å². The van der Waals surface area contributed by atoms with Crippen LogP contribution in [-0.4, -0.2) is 15.4 Å². The molecule has 0 unspecified atom stereocenters. The maximum atomic E-state index is 11.6. The zero-order valence-electron chi connectivity index (χ0n) is 11.2. The average molecular weight is 334 g/mol. The highest BCUT2D eigenvalue weighted by molar-refractivity contribution is 6.76. The summed E-state index contributed by atoms with van der Waals surface area (Å²) in [4.78, 5) is 11.6. The number of nitrogens with one attached hydrogen (secondary N) is 1. The van der Waals surface area contributed by atoms with Gasteiger partial charge in [-0.1, -0.05) is 85.1 Å². The standard InChI is InChI=1S/C14H15Cl3N2O/c1-4-13(2,3)11(10-8-6-5-7-9-10)18-19-12(20)14(15,16)17/h4-9H,1H2,2-3H3,(H,19,20). The fourth-order valence-electron chi connectivity index (χ4n) is 1.44. The highest BCUT2D eigenvalue weighted by Crippen LogP contribution is 2.27. The van der Waals surface area contributed by atoms with Crippen molar-refractivity contribution < 1.29 is 4.79 Å². The van der Waals surface area contributed by atoms with Gasteiger partial charge in [0, 0.05) is 5.41 Å². The lowest BCUT2D eigenvalue weighted by molar-refractivity contribution is -0.120. The summed E-state index contributed by atoms with van der Waals surface area (Å²) in [6.07, 6.45) is 1.74. The van der Waals surface area contributed by atoms with Crippen molar-refractivity contribution in [3.05, 3.63) is 48.6 Å². The van der Waals surface area contributed by atoms with E-state index in [0.29, 0.717) is 5.71 Å². The molecule has 1 N–H and O–H groups in total. The summed E-state index contributed by atoms with van der Waals surface area (Å²) < 4.78 is -2.05. The number of amides is 1. The lowest BCUT2D eigenvalue weighted by Gasteiger charge is -2.23. The molecule has 0 spiro atoms. The summed E-state index contributed by atoms with van der Waals surface area (Å²) in [5, 5.41) is 4.10. The van der Waals surface area contributed by atoms with Gasteiger partial charge in [0.2, 0.25) is 0 Å². The van der Waals surface area contributed by atoms with Crippen molar-refractivity contribution in [1.82, 2.24) is 5.43 Å². The van der Waals surface area contributed by atoms with Crippen molar-refractivity contribution in [2.24, 2.45) is 10.5 Å². The summed E-state index contributed by atoms with van der Waals surface area (Å²) >= 11 is 16.5. The van der Waals surface area contributed by atoms with Crippen LogP contribution in [0, 0.1) is 5.41 Å². The number of hydrazone groups is 1. The molecule has 1 amide bonds. The van der Waals surface area contributed by atoms with Gasteiger partial charge in [-0.3, -0.25) is 4.79 Å². The molecule has 0 radical (unpaired) electrons. The summed E-state index contributed by atoms with van der Waals surface area (Å²) in [7, 11) is 0. The quantitative estimate of drug-likeness (QED) is 0.383. The molecule has 0 saturated heterocycles. The number of carbonyl (C=O) groups excluding carboxylic acids is 1. The van der Waals surface area contributed by atoms with Gasteiger partial charge in [-0.15, -0.1) is 6.58 Å². The fraction of sp³-hybridized carbons (Fsp3) is 0.286. The third kappa shape index (κ3) is 4.51. The van der Waals surface area contributed by atoms with Gasteiger partial charge in [-0.05, 0) is 5.56 Å². The third-order valence-electron chi connectivity index (χ3n) is 2.69. The Morgan fingerprint density at radius 3 is 2.25 bits per heavy atom. The molecule has 3 nitrogen and oxygen atoms in total. The van der Waals surface area contributed by atoms with Crippen LogP contribution in [0.4, 0.5) is 0 Å². The van der Waals surface area contributed by atoms with Crippen LogP contribution in [0.5, 0.6) is 0 Å². The van der Waals surface area contributed by atoms with Crippen molar-refractivity contribution in [3.8, 4) is 0 Å². The number of hydrogen-bond donors (Lipinski definition) is 1. The van der Waals surface area contributed by atoms with Gasteiger partial charge < -0.3 is 0 Å². The normalized spacial score (nSPS) is 12.9. The maximum absolute atomic E-state index is 11.6. The first-order chi connectivity index (χ1) is 9.18. The number of allylic oxidation sites excluding steroid dienone is 1. The van der Waals surface area contributed by atoms with Crippen molar-refractivity contribution in [2.75, 3.05) is 0 Å². The van der Waals surface area contributed by atoms with Crippen LogP contribution in [0.15, 0.2) is 48.1 Å². The fourth-order valence-corrected chi connectivity index (χ4v) is 1.57. The molecule has 0 aliphatic heterocycles. The minimum atomic E-state index is -2.05. The Labute approximate surface area is 133 Å². The van der Waals surface area contributed by atoms with E-state index in [-0.39, 0.29) is 0 Å². The van der Waals surface area contributed by atoms with Crippen LogP contribution >= 0.6 is 34.8 Å². The Bertz CT molecular complexity index is 519. The van der Waals surface area contributed by atoms with Gasteiger partial charge in [0.25, 0.3) is 9.70 Å². The van der Waals surface area contributed by atoms with Gasteiger partial charge in [0.15, 0.2) is 0 Å². The minimum Gasteiger partial charge on any atom is -0.268 e. The molecule has 20 heavy (non-hydrogen) atoms. The van der Waals surface area contributed by atoms with Crippen molar-refractivity contribution in [2.45, 2.75) is 17.6 Å². The number of carbonyl (C=O) groups is 1. The molecule has 0 bridgehead atoms. The molecule has 0 atom stereocenters. The molecule has 6 heteroatoms. The molecule has 0 aliphatic carbocycles. The molecule has 0 aliphatic rings. The summed E-state index contributed by atoms with van der Waals surface area (Å²) in [5.41, 5.74) is 3.28. The van der Waals surface area contributed by atoms with Crippen molar-refractivity contribution in [1.29, 1.82) is 0 Å². The summed E-state index contributed by atoms with van der Waals surface area (Å²) in [5.74, 6) is -0.809. The molecule has 1 rings (SSSR count). The highest BCUT2D eigenvalue weighted by Gasteiger charge is 2.31. The molecule has 1 aromatic rings. The van der Waals surface area contributed by atoms with E-state index >= 15 is 0 Å². The van der Waals surface area contributed by atoms with Crippen LogP contribution < -0.4 is 5.43 Å². The Morgan fingerprint density at radius 1 is 1.25 bits per heavy atom. The second-order valence-corrected chi connectivity index (χ2v) is 6.97. The zero-order valence-corrected chi connectivity index (χ0v) is 13.4. The molecular weight excluding hydrogens is 319 g/mol. The van der Waals surface area contributed by atoms with E-state index in [2.05, 4.69) is 17.1 Å². The first kappa shape index (κ1) is 17.0. The topological polar surface area (TPSA) is 41.5 Å². The zero-order chi connectivity index (χ0) is 15.4. The Kier molecular flexibility index (Phi) is 5.63. The molecule has 0 aromatic heterocycles. The SMILES string of the molecule is C=CC(C)(C)C(=NNC(=O)C(Cl)(Cl)Cl)c1ccccc1. The monoisotopic (exact) mass is 332 g/mol. The summed E-state index contributed by atoms with van der Waals surface area (Å²) in [6.45, 7) is 7.63. The van der Waals surface area contributed by atoms with Crippen molar-refractivity contribution in [3.63, 3.8) is 0 Å². The van der Waals surface area contributed by atoms with Crippen molar-refractivity contribution >= 4 is 46.4 Å². The summed E-state index contributed by atoms with van der Waals surface area (Å²) in [6, 6.07) is 9.40. The lowest BCUT2D eigenvalue weighted by Crippen LogP contribution is -2.34. The smallest absolute Gasteiger partial charge is 0.268 e. The van der Waals surface area contributed by atoms with E-state index in [1.807, 2.05) is 44.2 Å². The van der Waals surface area contributed by atoms with Crippen LogP contribution in [0.3, 0.4) is 0 Å². The predicted octanol–water partition coefficient (Wildman–Crippen LogP) is 4.09. The Hall–Kier alpha value is -1.03. The van der Waals surface area contributed by atoms with Gasteiger partial charge in [0.1, 0.15) is 0 Å². The van der Waals surface area contributed by atoms with Gasteiger partial charge in [0.05, 0.1) is 5.71 Å². The first-order valence-corrected chi connectivity index (χ1v) is 6.96. The van der Waals surface area contributed by atoms with E-state index in [0.717, 1.165) is 5.56 Å². The Morgan fingerprint density at radius 2 is 1.80 bits per heavy atom. The van der Waals surface area contributed by atoms with Crippen LogP contribution in [0.2, 0.25) is 0 Å². The van der Waals surface area contributed by atoms with Crippen LogP contribution in [-0.2, 0) is 4.79 Å². The number of nitrogens with zero attached hydrogens (tertiary/aromatic N) is 1. The maximum Gasteiger partial charge on any atom is 0.292 e. The predicted molar refractivity (Wildman–Crippen MR) is 85.4 cm³/mol. The molecule has 108 valence electrons. The van der Waals surface area contributed by atoms with Gasteiger partial charge in [-0.2, -0.15) is 5.10 Å². The lowest BCUT2D eigenvalue weighted by atomic mass is 9.84. The number of halogens is 3. The number of benzene rings is 1. The average Bonchev–Trinajstić information content (AvgIpc) is 2.38. The molecular formula is C14H15Cl3N2O. The molecule has 0 saturated carbocycles. The van der Waals surface area contributed by atoms with Crippen LogP contribution in [0.1, 0.15) is 19.4 Å². The highest BCUT2D eigenvalue weighted by atomic mass is 35.6. The largest absolute Gasteiger partial charge is 0.292 e.